The molecule has 1 aliphatic heterocycles. The molecule has 6 nitrogen and oxygen atoms in total. The lowest BCUT2D eigenvalue weighted by Crippen LogP contribution is -2.50. The number of carbonyl (C=O) groups is 1. The van der Waals surface area contributed by atoms with E-state index in [0.717, 1.165) is 22.4 Å². The molecule has 0 saturated carbocycles. The molecule has 0 unspecified atom stereocenters. The first-order valence-electron chi connectivity index (χ1n) is 10.1. The summed E-state index contributed by atoms with van der Waals surface area (Å²) in [6, 6.07) is 15.3. The predicted molar refractivity (Wildman–Crippen MR) is 119 cm³/mol. The Hall–Kier alpha value is -2.64. The molecule has 2 aromatic carbocycles. The highest BCUT2D eigenvalue weighted by molar-refractivity contribution is 7.92. The maximum absolute atomic E-state index is 12.5. The minimum Gasteiger partial charge on any atom is -0.493 e. The van der Waals surface area contributed by atoms with Gasteiger partial charge in [0.2, 0.25) is 15.9 Å². The maximum atomic E-state index is 12.5. The molecule has 7 heteroatoms. The topological polar surface area (TPSA) is 66.9 Å². The van der Waals surface area contributed by atoms with E-state index in [-0.39, 0.29) is 12.3 Å². The molecule has 0 radical (unpaired) electrons. The number of hydrogen-bond acceptors (Lipinski definition) is 4. The van der Waals surface area contributed by atoms with Gasteiger partial charge in [0.15, 0.2) is 0 Å². The molecule has 1 amide bonds. The predicted octanol–water partition coefficient (Wildman–Crippen LogP) is 3.22. The van der Waals surface area contributed by atoms with Crippen LogP contribution in [0.5, 0.6) is 5.75 Å². The molecule has 160 valence electrons. The number of rotatable bonds is 7. The second-order valence-corrected chi connectivity index (χ2v) is 9.22. The minimum atomic E-state index is -3.50. The minimum absolute atomic E-state index is 0.0165. The van der Waals surface area contributed by atoms with Crippen LogP contribution in [0.1, 0.15) is 23.1 Å². The van der Waals surface area contributed by atoms with Crippen molar-refractivity contribution in [3.8, 4) is 5.75 Å². The van der Waals surface area contributed by atoms with E-state index in [0.29, 0.717) is 32.8 Å². The second-order valence-electron chi connectivity index (χ2n) is 7.41. The van der Waals surface area contributed by atoms with Gasteiger partial charge in [0.1, 0.15) is 5.75 Å². The fourth-order valence-electron chi connectivity index (χ4n) is 3.28. The smallest absolute Gasteiger partial charge is 0.236 e. The molecule has 1 saturated heterocycles. The van der Waals surface area contributed by atoms with E-state index in [1.165, 1.54) is 9.71 Å². The molecule has 0 spiro atoms. The van der Waals surface area contributed by atoms with Crippen LogP contribution in [0.15, 0.2) is 53.9 Å². The molecule has 0 aliphatic carbocycles. The van der Waals surface area contributed by atoms with Crippen molar-refractivity contribution in [2.24, 2.45) is 0 Å². The summed E-state index contributed by atoms with van der Waals surface area (Å²) >= 11 is 0. The van der Waals surface area contributed by atoms with E-state index in [2.05, 4.69) is 0 Å². The van der Waals surface area contributed by atoms with E-state index >= 15 is 0 Å². The standard InChI is InChI=1S/C23H28N2O4S/c1-19-8-9-20(2)22(18-19)29-16-10-23(26)24-12-14-25(15-13-24)30(27,28)17-11-21-6-4-3-5-7-21/h3-9,11,17-18H,10,12-16H2,1-2H3. The fraction of sp³-hybridized carbons (Fsp3) is 0.348. The van der Waals surface area contributed by atoms with Gasteiger partial charge in [-0.05, 0) is 42.7 Å². The summed E-state index contributed by atoms with van der Waals surface area (Å²) in [6.45, 7) is 5.65. The van der Waals surface area contributed by atoms with Crippen molar-refractivity contribution in [1.29, 1.82) is 0 Å². The van der Waals surface area contributed by atoms with E-state index in [1.807, 2.05) is 62.4 Å². The molecule has 0 N–H and O–H groups in total. The molecule has 3 rings (SSSR count). The quantitative estimate of drug-likeness (QED) is 0.679. The van der Waals surface area contributed by atoms with Crippen LogP contribution in [0, 0.1) is 13.8 Å². The average Bonchev–Trinajstić information content (AvgIpc) is 2.75. The van der Waals surface area contributed by atoms with Gasteiger partial charge in [0.25, 0.3) is 0 Å². The van der Waals surface area contributed by atoms with Crippen molar-refractivity contribution in [3.63, 3.8) is 0 Å². The van der Waals surface area contributed by atoms with Gasteiger partial charge < -0.3 is 9.64 Å². The van der Waals surface area contributed by atoms with Gasteiger partial charge in [0.05, 0.1) is 13.0 Å². The Bertz CT molecular complexity index is 995. The second kappa shape index (κ2) is 9.91. The molecular formula is C23H28N2O4S. The number of nitrogens with zero attached hydrogens (tertiary/aromatic N) is 2. The zero-order valence-electron chi connectivity index (χ0n) is 17.5. The van der Waals surface area contributed by atoms with Crippen LogP contribution >= 0.6 is 0 Å². The zero-order valence-corrected chi connectivity index (χ0v) is 18.3. The monoisotopic (exact) mass is 428 g/mol. The number of aryl methyl sites for hydroxylation is 2. The highest BCUT2D eigenvalue weighted by atomic mass is 32.2. The van der Waals surface area contributed by atoms with Gasteiger partial charge in [-0.3, -0.25) is 4.79 Å². The summed E-state index contributed by atoms with van der Waals surface area (Å²) in [5.41, 5.74) is 2.98. The van der Waals surface area contributed by atoms with E-state index in [9.17, 15) is 13.2 Å². The number of benzene rings is 2. The Morgan fingerprint density at radius 2 is 1.73 bits per heavy atom. The van der Waals surface area contributed by atoms with E-state index in [4.69, 9.17) is 4.74 Å². The highest BCUT2D eigenvalue weighted by Crippen LogP contribution is 2.19. The lowest BCUT2D eigenvalue weighted by atomic mass is 10.1. The Kier molecular flexibility index (Phi) is 7.29. The fourth-order valence-corrected chi connectivity index (χ4v) is 4.45. The third-order valence-corrected chi connectivity index (χ3v) is 6.67. The number of carbonyl (C=O) groups excluding carboxylic acids is 1. The SMILES string of the molecule is Cc1ccc(C)c(OCCC(=O)N2CCN(S(=O)(=O)C=Cc3ccccc3)CC2)c1. The van der Waals surface area contributed by atoms with Crippen LogP contribution in [0.2, 0.25) is 0 Å². The van der Waals surface area contributed by atoms with Crippen LogP contribution in [-0.4, -0.2) is 56.3 Å². The Morgan fingerprint density at radius 3 is 2.43 bits per heavy atom. The van der Waals surface area contributed by atoms with Crippen molar-refractivity contribution < 1.29 is 17.9 Å². The van der Waals surface area contributed by atoms with Gasteiger partial charge in [-0.2, -0.15) is 4.31 Å². The van der Waals surface area contributed by atoms with E-state index < -0.39 is 10.0 Å². The Labute approximate surface area is 178 Å². The molecule has 0 bridgehead atoms. The average molecular weight is 429 g/mol. The molecule has 1 fully saturated rings. The highest BCUT2D eigenvalue weighted by Gasteiger charge is 2.27. The first kappa shape index (κ1) is 22.1. The largest absolute Gasteiger partial charge is 0.493 e. The summed E-state index contributed by atoms with van der Waals surface area (Å²) in [6.07, 6.45) is 1.87. The lowest BCUT2D eigenvalue weighted by Gasteiger charge is -2.33. The van der Waals surface area contributed by atoms with Crippen LogP contribution in [0.25, 0.3) is 6.08 Å². The molecule has 30 heavy (non-hydrogen) atoms. The number of hydrogen-bond donors (Lipinski definition) is 0. The third-order valence-electron chi connectivity index (χ3n) is 5.10. The van der Waals surface area contributed by atoms with Crippen LogP contribution < -0.4 is 4.74 Å². The molecule has 0 atom stereocenters. The van der Waals surface area contributed by atoms with Crippen molar-refractivity contribution in [2.75, 3.05) is 32.8 Å². The first-order chi connectivity index (χ1) is 14.3. The number of amides is 1. The van der Waals surface area contributed by atoms with Gasteiger partial charge in [-0.1, -0.05) is 42.5 Å². The molecule has 1 heterocycles. The molecular weight excluding hydrogens is 400 g/mol. The molecule has 1 aliphatic rings. The van der Waals surface area contributed by atoms with E-state index in [1.54, 1.807) is 11.0 Å². The maximum Gasteiger partial charge on any atom is 0.236 e. The zero-order chi connectivity index (χ0) is 21.6. The van der Waals surface area contributed by atoms with Crippen LogP contribution in [-0.2, 0) is 14.8 Å². The van der Waals surface area contributed by atoms with Crippen molar-refractivity contribution in [3.05, 3.63) is 70.6 Å². The molecule has 2 aromatic rings. The van der Waals surface area contributed by atoms with Gasteiger partial charge in [-0.25, -0.2) is 8.42 Å². The summed E-state index contributed by atoms with van der Waals surface area (Å²) in [7, 11) is -3.50. The lowest BCUT2D eigenvalue weighted by molar-refractivity contribution is -0.132. The summed E-state index contributed by atoms with van der Waals surface area (Å²) in [5, 5.41) is 1.23. The van der Waals surface area contributed by atoms with Crippen molar-refractivity contribution in [2.45, 2.75) is 20.3 Å². The summed E-state index contributed by atoms with van der Waals surface area (Å²) in [5.74, 6) is 0.779. The van der Waals surface area contributed by atoms with Crippen molar-refractivity contribution in [1.82, 2.24) is 9.21 Å². The molecule has 0 aromatic heterocycles. The normalized spacial score (nSPS) is 15.5. The van der Waals surface area contributed by atoms with Crippen LogP contribution in [0.4, 0.5) is 0 Å². The van der Waals surface area contributed by atoms with Crippen LogP contribution in [0.3, 0.4) is 0 Å². The Morgan fingerprint density at radius 1 is 1.03 bits per heavy atom. The third kappa shape index (κ3) is 5.93. The van der Waals surface area contributed by atoms with Gasteiger partial charge >= 0.3 is 0 Å². The summed E-state index contributed by atoms with van der Waals surface area (Å²) in [4.78, 5) is 14.2. The summed E-state index contributed by atoms with van der Waals surface area (Å²) < 4.78 is 32.3. The number of ether oxygens (including phenoxy) is 1. The van der Waals surface area contributed by atoms with Crippen molar-refractivity contribution >= 4 is 22.0 Å². The van der Waals surface area contributed by atoms with Gasteiger partial charge in [-0.15, -0.1) is 0 Å². The number of sulfonamides is 1. The Balaban J connectivity index is 1.47. The van der Waals surface area contributed by atoms with Gasteiger partial charge in [0, 0.05) is 31.6 Å². The number of piperazine rings is 1. The first-order valence-corrected chi connectivity index (χ1v) is 11.6.